The molecule has 0 aromatic heterocycles. The zero-order valence-electron chi connectivity index (χ0n) is 13.0. The number of nitrogens with one attached hydrogen (secondary N) is 2. The van der Waals surface area contributed by atoms with Crippen LogP contribution in [0.5, 0.6) is 0 Å². The van der Waals surface area contributed by atoms with Gasteiger partial charge in [0, 0.05) is 36.6 Å². The van der Waals surface area contributed by atoms with Crippen molar-refractivity contribution in [3.05, 3.63) is 11.3 Å². The van der Waals surface area contributed by atoms with E-state index in [1.165, 1.54) is 24.1 Å². The lowest BCUT2D eigenvalue weighted by atomic mass is 9.87. The molecular weight excluding hydrogens is 234 g/mol. The molecule has 0 bridgehead atoms. The van der Waals surface area contributed by atoms with Gasteiger partial charge in [-0.3, -0.25) is 0 Å². The molecule has 0 spiro atoms. The summed E-state index contributed by atoms with van der Waals surface area (Å²) in [5, 5.41) is 11.9. The van der Waals surface area contributed by atoms with Crippen molar-refractivity contribution < 1.29 is 0 Å². The Morgan fingerprint density at radius 2 is 1.95 bits per heavy atom. The topological polar surface area (TPSA) is 39.1 Å². The third-order valence-corrected chi connectivity index (χ3v) is 4.24. The summed E-state index contributed by atoms with van der Waals surface area (Å²) in [7, 11) is 0. The molecule has 1 saturated carbocycles. The van der Waals surface area contributed by atoms with Gasteiger partial charge in [-0.15, -0.1) is 0 Å². The summed E-state index contributed by atoms with van der Waals surface area (Å²) < 4.78 is 0. The third kappa shape index (κ3) is 3.38. The van der Waals surface area contributed by atoms with Crippen LogP contribution in [0, 0.1) is 11.3 Å². The van der Waals surface area contributed by atoms with E-state index in [1.807, 2.05) is 0 Å². The third-order valence-electron chi connectivity index (χ3n) is 4.24. The highest BCUT2D eigenvalue weighted by Gasteiger charge is 2.30. The first-order valence-corrected chi connectivity index (χ1v) is 7.71. The van der Waals surface area contributed by atoms with Crippen molar-refractivity contribution in [1.82, 2.24) is 10.2 Å². The number of allylic oxidation sites excluding steroid dienone is 2. The van der Waals surface area contributed by atoms with Crippen LogP contribution in [-0.4, -0.2) is 35.8 Å². The first-order chi connectivity index (χ1) is 8.91. The Labute approximate surface area is 118 Å². The molecule has 0 atom stereocenters. The van der Waals surface area contributed by atoms with Crippen LogP contribution in [0.4, 0.5) is 0 Å². The van der Waals surface area contributed by atoms with Gasteiger partial charge in [-0.2, -0.15) is 0 Å². The molecule has 3 heteroatoms. The summed E-state index contributed by atoms with van der Waals surface area (Å²) in [6.45, 7) is 12.3. The maximum Gasteiger partial charge on any atom is 0.0363 e. The van der Waals surface area contributed by atoms with Gasteiger partial charge in [0.1, 0.15) is 0 Å². The fraction of sp³-hybridized carbons (Fsp3) is 0.812. The van der Waals surface area contributed by atoms with Crippen molar-refractivity contribution in [2.75, 3.05) is 19.6 Å². The molecule has 1 aliphatic carbocycles. The molecule has 2 N–H and O–H groups in total. The van der Waals surface area contributed by atoms with Gasteiger partial charge < -0.3 is 15.6 Å². The largest absolute Gasteiger partial charge is 0.371 e. The second-order valence-corrected chi connectivity index (χ2v) is 6.94. The van der Waals surface area contributed by atoms with Crippen molar-refractivity contribution >= 4 is 5.71 Å². The summed E-state index contributed by atoms with van der Waals surface area (Å²) in [5.41, 5.74) is 3.86. The molecular formula is C16H29N3. The molecule has 1 aliphatic heterocycles. The monoisotopic (exact) mass is 263 g/mol. The number of hydrogen-bond donors (Lipinski definition) is 2. The lowest BCUT2D eigenvalue weighted by molar-refractivity contribution is 0.177. The summed E-state index contributed by atoms with van der Waals surface area (Å²) in [6, 6.07) is 0. The lowest BCUT2D eigenvalue weighted by Crippen LogP contribution is -2.57. The first kappa shape index (κ1) is 14.6. The molecule has 19 heavy (non-hydrogen) atoms. The molecule has 2 rings (SSSR count). The predicted octanol–water partition coefficient (Wildman–Crippen LogP) is 3.17. The van der Waals surface area contributed by atoms with Crippen LogP contribution in [0.15, 0.2) is 11.3 Å². The van der Waals surface area contributed by atoms with Gasteiger partial charge in [-0.25, -0.2) is 0 Å². The van der Waals surface area contributed by atoms with E-state index in [9.17, 15) is 0 Å². The Kier molecular flexibility index (Phi) is 4.34. The van der Waals surface area contributed by atoms with Gasteiger partial charge in [0.15, 0.2) is 0 Å². The number of nitrogens with zero attached hydrogens (tertiary/aromatic N) is 1. The normalized spacial score (nSPS) is 26.8. The molecule has 0 radical (unpaired) electrons. The molecule has 108 valence electrons. The average Bonchev–Trinajstić information content (AvgIpc) is 2.30. The van der Waals surface area contributed by atoms with Gasteiger partial charge in [-0.05, 0) is 51.0 Å². The Morgan fingerprint density at radius 1 is 1.26 bits per heavy atom. The van der Waals surface area contributed by atoms with Gasteiger partial charge in [0.05, 0.1) is 0 Å². The van der Waals surface area contributed by atoms with Crippen LogP contribution in [-0.2, 0) is 0 Å². The van der Waals surface area contributed by atoms with Crippen LogP contribution in [0.2, 0.25) is 0 Å². The van der Waals surface area contributed by atoms with Crippen molar-refractivity contribution in [2.24, 2.45) is 5.92 Å². The van der Waals surface area contributed by atoms with Gasteiger partial charge >= 0.3 is 0 Å². The second kappa shape index (κ2) is 5.66. The highest BCUT2D eigenvalue weighted by atomic mass is 15.2. The molecule has 3 nitrogen and oxygen atoms in total. The molecule has 1 saturated heterocycles. The highest BCUT2D eigenvalue weighted by molar-refractivity contribution is 5.99. The van der Waals surface area contributed by atoms with Crippen LogP contribution < -0.4 is 5.32 Å². The quantitative estimate of drug-likeness (QED) is 0.803. The Morgan fingerprint density at radius 3 is 2.53 bits per heavy atom. The Bertz CT molecular complexity index is 379. The van der Waals surface area contributed by atoms with E-state index in [-0.39, 0.29) is 5.54 Å². The zero-order valence-corrected chi connectivity index (χ0v) is 13.0. The molecule has 0 aromatic rings. The highest BCUT2D eigenvalue weighted by Crippen LogP contribution is 2.30. The smallest absolute Gasteiger partial charge is 0.0363 e. The summed E-state index contributed by atoms with van der Waals surface area (Å²) >= 11 is 0. The molecule has 0 aromatic carbocycles. The molecule has 0 unspecified atom stereocenters. The molecule has 1 heterocycles. The van der Waals surface area contributed by atoms with Crippen LogP contribution >= 0.6 is 0 Å². The molecule has 2 aliphatic rings. The number of hydrogen-bond acceptors (Lipinski definition) is 3. The van der Waals surface area contributed by atoms with E-state index in [1.54, 1.807) is 0 Å². The van der Waals surface area contributed by atoms with Gasteiger partial charge in [0.25, 0.3) is 0 Å². The number of piperazine rings is 1. The molecule has 2 fully saturated rings. The zero-order chi connectivity index (χ0) is 14.0. The SMILES string of the molecule is CC(C)/C(=C1/CCCCC1=N)N1CCNC(C)(C)C1. The summed E-state index contributed by atoms with van der Waals surface area (Å²) in [4.78, 5) is 2.54. The second-order valence-electron chi connectivity index (χ2n) is 6.94. The Balaban J connectivity index is 2.29. The van der Waals surface area contributed by atoms with E-state index in [0.29, 0.717) is 5.92 Å². The van der Waals surface area contributed by atoms with E-state index in [2.05, 4.69) is 37.9 Å². The summed E-state index contributed by atoms with van der Waals surface area (Å²) in [6.07, 6.45) is 4.53. The Hall–Kier alpha value is -0.830. The fourth-order valence-electron chi connectivity index (χ4n) is 3.44. The van der Waals surface area contributed by atoms with E-state index in [0.717, 1.165) is 38.2 Å². The van der Waals surface area contributed by atoms with Crippen molar-refractivity contribution in [1.29, 1.82) is 5.41 Å². The maximum atomic E-state index is 8.29. The van der Waals surface area contributed by atoms with Crippen LogP contribution in [0.25, 0.3) is 0 Å². The van der Waals surface area contributed by atoms with E-state index >= 15 is 0 Å². The maximum absolute atomic E-state index is 8.29. The minimum Gasteiger partial charge on any atom is -0.371 e. The van der Waals surface area contributed by atoms with E-state index in [4.69, 9.17) is 5.41 Å². The minimum atomic E-state index is 0.176. The standard InChI is InChI=1S/C16H29N3/c1-12(2)15(13-7-5-6-8-14(13)17)19-10-9-18-16(3,4)11-19/h12,17-18H,5-11H2,1-4H3/b15-13+,17-14?. The van der Waals surface area contributed by atoms with Gasteiger partial charge in [0.2, 0.25) is 0 Å². The van der Waals surface area contributed by atoms with Crippen LogP contribution in [0.3, 0.4) is 0 Å². The lowest BCUT2D eigenvalue weighted by Gasteiger charge is -2.43. The van der Waals surface area contributed by atoms with Crippen molar-refractivity contribution in [3.63, 3.8) is 0 Å². The number of rotatable bonds is 2. The van der Waals surface area contributed by atoms with E-state index < -0.39 is 0 Å². The average molecular weight is 263 g/mol. The minimum absolute atomic E-state index is 0.176. The van der Waals surface area contributed by atoms with Crippen molar-refractivity contribution in [2.45, 2.75) is 58.9 Å². The first-order valence-electron chi connectivity index (χ1n) is 7.71. The van der Waals surface area contributed by atoms with Crippen LogP contribution in [0.1, 0.15) is 53.4 Å². The predicted molar refractivity (Wildman–Crippen MR) is 81.7 cm³/mol. The van der Waals surface area contributed by atoms with Crippen molar-refractivity contribution in [3.8, 4) is 0 Å². The fourth-order valence-corrected chi connectivity index (χ4v) is 3.44. The molecule has 0 amide bonds. The summed E-state index contributed by atoms with van der Waals surface area (Å²) in [5.74, 6) is 0.516. The van der Waals surface area contributed by atoms with Gasteiger partial charge in [-0.1, -0.05) is 13.8 Å².